The normalized spacial score (nSPS) is 10.2. The number of benzene rings is 1. The van der Waals surface area contributed by atoms with Crippen LogP contribution >= 0.6 is 0 Å². The van der Waals surface area contributed by atoms with Gasteiger partial charge >= 0.3 is 0 Å². The third-order valence-corrected chi connectivity index (χ3v) is 2.56. The fraction of sp³-hybridized carbons (Fsp3) is 0.167. The van der Waals surface area contributed by atoms with Crippen molar-refractivity contribution in [3.63, 3.8) is 0 Å². The molecule has 0 unspecified atom stereocenters. The summed E-state index contributed by atoms with van der Waals surface area (Å²) in [6.45, 7) is 3.89. The Labute approximate surface area is 87.0 Å². The quantitative estimate of drug-likeness (QED) is 0.704. The van der Waals surface area contributed by atoms with Gasteiger partial charge in [0.1, 0.15) is 11.6 Å². The fourth-order valence-corrected chi connectivity index (χ4v) is 1.66. The van der Waals surface area contributed by atoms with Crippen LogP contribution in [0.1, 0.15) is 16.7 Å². The molecule has 3 nitrogen and oxygen atoms in total. The van der Waals surface area contributed by atoms with Crippen molar-refractivity contribution in [1.82, 2.24) is 4.98 Å². The minimum absolute atomic E-state index is 0.163. The van der Waals surface area contributed by atoms with Crippen molar-refractivity contribution in [1.29, 1.82) is 5.26 Å². The van der Waals surface area contributed by atoms with E-state index in [2.05, 4.69) is 4.98 Å². The molecule has 1 heterocycles. The minimum Gasteiger partial charge on any atom is -0.321 e. The summed E-state index contributed by atoms with van der Waals surface area (Å²) in [5.74, 6) is 0. The van der Waals surface area contributed by atoms with Gasteiger partial charge in [0.15, 0.2) is 0 Å². The maximum atomic E-state index is 11.4. The molecule has 0 saturated carbocycles. The van der Waals surface area contributed by atoms with Crippen molar-refractivity contribution in [2.24, 2.45) is 0 Å². The summed E-state index contributed by atoms with van der Waals surface area (Å²) >= 11 is 0. The summed E-state index contributed by atoms with van der Waals surface area (Å²) in [4.78, 5) is 14.2. The van der Waals surface area contributed by atoms with Crippen molar-refractivity contribution in [3.05, 3.63) is 45.2 Å². The van der Waals surface area contributed by atoms with E-state index in [1.54, 1.807) is 6.07 Å². The van der Waals surface area contributed by atoms with Crippen molar-refractivity contribution in [2.75, 3.05) is 0 Å². The Kier molecular flexibility index (Phi) is 2.05. The van der Waals surface area contributed by atoms with Gasteiger partial charge in [-0.15, -0.1) is 0 Å². The second-order valence-electron chi connectivity index (χ2n) is 3.61. The van der Waals surface area contributed by atoms with Crippen LogP contribution in [0.25, 0.3) is 10.9 Å². The number of nitrogens with one attached hydrogen (secondary N) is 1. The highest BCUT2D eigenvalue weighted by Crippen LogP contribution is 2.19. The van der Waals surface area contributed by atoms with E-state index in [4.69, 9.17) is 5.26 Å². The van der Waals surface area contributed by atoms with E-state index in [9.17, 15) is 4.79 Å². The Morgan fingerprint density at radius 2 is 1.93 bits per heavy atom. The molecule has 0 radical (unpaired) electrons. The molecule has 0 amide bonds. The van der Waals surface area contributed by atoms with Crippen LogP contribution in [0.15, 0.2) is 23.0 Å². The average Bonchev–Trinajstić information content (AvgIpc) is 2.23. The molecule has 1 N–H and O–H groups in total. The Morgan fingerprint density at radius 3 is 2.60 bits per heavy atom. The van der Waals surface area contributed by atoms with Crippen molar-refractivity contribution >= 4 is 10.9 Å². The van der Waals surface area contributed by atoms with Gasteiger partial charge in [-0.2, -0.15) is 5.26 Å². The maximum absolute atomic E-state index is 11.4. The summed E-state index contributed by atoms with van der Waals surface area (Å²) in [7, 11) is 0. The number of rotatable bonds is 0. The number of fused-ring (bicyclic) bond motifs is 1. The highest BCUT2D eigenvalue weighted by Gasteiger charge is 2.05. The second kappa shape index (κ2) is 3.25. The zero-order valence-corrected chi connectivity index (χ0v) is 8.59. The third kappa shape index (κ3) is 1.40. The Hall–Kier alpha value is -2.08. The number of H-pyrrole nitrogens is 1. The van der Waals surface area contributed by atoms with E-state index in [1.807, 2.05) is 32.0 Å². The third-order valence-electron chi connectivity index (χ3n) is 2.56. The number of pyridine rings is 1. The van der Waals surface area contributed by atoms with Crippen LogP contribution in [-0.2, 0) is 0 Å². The van der Waals surface area contributed by atoms with Crippen LogP contribution in [0, 0.1) is 25.2 Å². The van der Waals surface area contributed by atoms with Crippen molar-refractivity contribution in [2.45, 2.75) is 13.8 Å². The smallest absolute Gasteiger partial charge is 0.266 e. The molecule has 1 aromatic carbocycles. The van der Waals surface area contributed by atoms with Gasteiger partial charge in [-0.25, -0.2) is 0 Å². The monoisotopic (exact) mass is 198 g/mol. The zero-order valence-electron chi connectivity index (χ0n) is 8.59. The second-order valence-corrected chi connectivity index (χ2v) is 3.61. The van der Waals surface area contributed by atoms with Gasteiger partial charge in [-0.1, -0.05) is 12.1 Å². The number of aryl methyl sites for hydroxylation is 2. The molecule has 15 heavy (non-hydrogen) atoms. The summed E-state index contributed by atoms with van der Waals surface area (Å²) in [6, 6.07) is 7.48. The van der Waals surface area contributed by atoms with Gasteiger partial charge < -0.3 is 4.98 Å². The lowest BCUT2D eigenvalue weighted by molar-refractivity contribution is 1.25. The molecule has 1 aromatic heterocycles. The molecule has 0 atom stereocenters. The van der Waals surface area contributed by atoms with Gasteiger partial charge in [0.05, 0.1) is 5.52 Å². The van der Waals surface area contributed by atoms with E-state index < -0.39 is 0 Å². The number of nitrogens with zero attached hydrogens (tertiary/aromatic N) is 1. The number of hydrogen-bond donors (Lipinski definition) is 1. The molecule has 0 aliphatic carbocycles. The molecule has 0 spiro atoms. The molecule has 2 aromatic rings. The van der Waals surface area contributed by atoms with Gasteiger partial charge in [0, 0.05) is 5.39 Å². The SMILES string of the molecule is Cc1ccc(C)c2[nH]c(=O)c(C#N)cc12. The van der Waals surface area contributed by atoms with Gasteiger partial charge in [-0.05, 0) is 31.0 Å². The summed E-state index contributed by atoms with van der Waals surface area (Å²) in [5.41, 5.74) is 2.73. The predicted molar refractivity (Wildman–Crippen MR) is 58.8 cm³/mol. The van der Waals surface area contributed by atoms with Gasteiger partial charge in [0.2, 0.25) is 0 Å². The fourth-order valence-electron chi connectivity index (χ4n) is 1.66. The Morgan fingerprint density at radius 1 is 1.27 bits per heavy atom. The summed E-state index contributed by atoms with van der Waals surface area (Å²) in [5, 5.41) is 9.70. The van der Waals surface area contributed by atoms with E-state index in [-0.39, 0.29) is 11.1 Å². The van der Waals surface area contributed by atoms with E-state index in [0.29, 0.717) is 0 Å². The van der Waals surface area contributed by atoms with Crippen LogP contribution < -0.4 is 5.56 Å². The van der Waals surface area contributed by atoms with Crippen LogP contribution in [0.2, 0.25) is 0 Å². The first-order valence-corrected chi connectivity index (χ1v) is 4.67. The topological polar surface area (TPSA) is 56.6 Å². The van der Waals surface area contributed by atoms with Crippen molar-refractivity contribution in [3.8, 4) is 6.07 Å². The summed E-state index contributed by atoms with van der Waals surface area (Å²) in [6.07, 6.45) is 0. The molecular formula is C12H10N2O. The lowest BCUT2D eigenvalue weighted by atomic mass is 10.0. The van der Waals surface area contributed by atoms with E-state index >= 15 is 0 Å². The lowest BCUT2D eigenvalue weighted by Gasteiger charge is -2.04. The first kappa shape index (κ1) is 9.47. The predicted octanol–water partition coefficient (Wildman–Crippen LogP) is 2.02. The molecular weight excluding hydrogens is 188 g/mol. The first-order valence-electron chi connectivity index (χ1n) is 4.67. The molecule has 0 aliphatic rings. The number of nitriles is 1. The average molecular weight is 198 g/mol. The number of aromatic amines is 1. The largest absolute Gasteiger partial charge is 0.321 e. The molecule has 3 heteroatoms. The zero-order chi connectivity index (χ0) is 11.0. The highest BCUT2D eigenvalue weighted by atomic mass is 16.1. The Bertz CT molecular complexity index is 632. The first-order chi connectivity index (χ1) is 7.13. The highest BCUT2D eigenvalue weighted by molar-refractivity contribution is 5.85. The van der Waals surface area contributed by atoms with E-state index in [1.165, 1.54) is 0 Å². The summed E-state index contributed by atoms with van der Waals surface area (Å²) < 4.78 is 0. The lowest BCUT2D eigenvalue weighted by Crippen LogP contribution is -2.10. The van der Waals surface area contributed by atoms with Gasteiger partial charge in [-0.3, -0.25) is 4.79 Å². The van der Waals surface area contributed by atoms with E-state index in [0.717, 1.165) is 22.0 Å². The number of hydrogen-bond acceptors (Lipinski definition) is 2. The van der Waals surface area contributed by atoms with Crippen LogP contribution in [0.5, 0.6) is 0 Å². The van der Waals surface area contributed by atoms with Crippen LogP contribution in [-0.4, -0.2) is 4.98 Å². The molecule has 0 saturated heterocycles. The maximum Gasteiger partial charge on any atom is 0.266 e. The molecule has 0 fully saturated rings. The Balaban J connectivity index is 3.01. The van der Waals surface area contributed by atoms with Crippen LogP contribution in [0.4, 0.5) is 0 Å². The standard InChI is InChI=1S/C12H10N2O/c1-7-3-4-8(2)11-10(7)5-9(6-13)12(15)14-11/h3-5H,1-2H3,(H,14,15). The van der Waals surface area contributed by atoms with Crippen molar-refractivity contribution < 1.29 is 0 Å². The van der Waals surface area contributed by atoms with Crippen LogP contribution in [0.3, 0.4) is 0 Å². The van der Waals surface area contributed by atoms with Gasteiger partial charge in [0.25, 0.3) is 5.56 Å². The molecule has 0 bridgehead atoms. The molecule has 0 aliphatic heterocycles. The molecule has 2 rings (SSSR count). The molecule has 74 valence electrons. The minimum atomic E-state index is -0.321. The number of aromatic nitrogens is 1.